The largest absolute Gasteiger partial charge is 0.375 e. The third kappa shape index (κ3) is 4.14. The third-order valence-corrected chi connectivity index (χ3v) is 4.36. The Morgan fingerprint density at radius 2 is 2.12 bits per heavy atom. The number of hydrogen-bond donors (Lipinski definition) is 2. The van der Waals surface area contributed by atoms with Crippen molar-refractivity contribution < 1.29 is 4.39 Å². The van der Waals surface area contributed by atoms with E-state index in [2.05, 4.69) is 20.3 Å². The van der Waals surface area contributed by atoms with Crippen molar-refractivity contribution in [2.45, 2.75) is 13.1 Å². The molecule has 26 heavy (non-hydrogen) atoms. The van der Waals surface area contributed by atoms with Crippen LogP contribution in [-0.4, -0.2) is 46.6 Å². The number of halogens is 1. The van der Waals surface area contributed by atoms with Crippen molar-refractivity contribution in [3.63, 3.8) is 0 Å². The van der Waals surface area contributed by atoms with Gasteiger partial charge in [0.05, 0.1) is 11.4 Å². The minimum absolute atomic E-state index is 0.168. The number of piperazine rings is 1. The van der Waals surface area contributed by atoms with Crippen molar-refractivity contribution in [1.82, 2.24) is 15.3 Å². The van der Waals surface area contributed by atoms with Gasteiger partial charge >= 0.3 is 0 Å². The number of benzene rings is 1. The molecule has 3 rings (SSSR count). The average Bonchev–Trinajstić information content (AvgIpc) is 2.67. The number of nitrogens with two attached hydrogens (primary N) is 1. The highest BCUT2D eigenvalue weighted by Gasteiger charge is 2.29. The monoisotopic (exact) mass is 372 g/mol. The first-order chi connectivity index (χ1) is 12.6. The van der Waals surface area contributed by atoms with Crippen molar-refractivity contribution in [2.24, 2.45) is 10.8 Å². The molecule has 1 aliphatic rings. The molecular formula is C18H21FN6S. The van der Waals surface area contributed by atoms with Gasteiger partial charge in [-0.3, -0.25) is 4.98 Å². The van der Waals surface area contributed by atoms with Gasteiger partial charge in [-0.2, -0.15) is 5.10 Å². The summed E-state index contributed by atoms with van der Waals surface area (Å²) in [6.07, 6.45) is 1.50. The molecule has 3 N–H and O–H groups in total. The number of hydrazone groups is 1. The molecular weight excluding hydrogens is 351 g/mol. The molecule has 0 spiro atoms. The quantitative estimate of drug-likeness (QED) is 0.486. The Balaban J connectivity index is 1.92. The van der Waals surface area contributed by atoms with Crippen LogP contribution >= 0.6 is 12.2 Å². The predicted molar refractivity (Wildman–Crippen MR) is 105 cm³/mol. The first-order valence-electron chi connectivity index (χ1n) is 8.34. The van der Waals surface area contributed by atoms with Gasteiger partial charge < -0.3 is 16.0 Å². The fraction of sp³-hybridized carbons (Fsp3) is 0.278. The van der Waals surface area contributed by atoms with E-state index in [-0.39, 0.29) is 17.1 Å². The van der Waals surface area contributed by atoms with Gasteiger partial charge in [-0.05, 0) is 55.5 Å². The summed E-state index contributed by atoms with van der Waals surface area (Å²) >= 11 is 5.25. The zero-order valence-electron chi connectivity index (χ0n) is 14.5. The number of rotatable bonds is 4. The lowest BCUT2D eigenvalue weighted by Gasteiger charge is -2.42. The lowest BCUT2D eigenvalue weighted by Crippen LogP contribution is -2.60. The maximum Gasteiger partial charge on any atom is 0.189 e. The number of anilines is 1. The fourth-order valence-corrected chi connectivity index (χ4v) is 3.06. The highest BCUT2D eigenvalue weighted by molar-refractivity contribution is 7.80. The molecule has 1 fully saturated rings. The van der Waals surface area contributed by atoms with Gasteiger partial charge in [0.15, 0.2) is 5.11 Å². The molecule has 1 saturated heterocycles. The SMILES string of the molecule is CC(=NN(C(N)=S)C1CNCCN1c1ccc(F)cc1)c1ccccn1. The molecule has 0 amide bonds. The van der Waals surface area contributed by atoms with E-state index in [1.54, 1.807) is 23.3 Å². The number of pyridine rings is 1. The number of nitrogens with one attached hydrogen (secondary N) is 1. The van der Waals surface area contributed by atoms with Crippen molar-refractivity contribution in [3.8, 4) is 0 Å². The molecule has 0 radical (unpaired) electrons. The summed E-state index contributed by atoms with van der Waals surface area (Å²) in [4.78, 5) is 6.43. The van der Waals surface area contributed by atoms with E-state index in [0.29, 0.717) is 12.3 Å². The minimum atomic E-state index is -0.268. The molecule has 2 heterocycles. The van der Waals surface area contributed by atoms with E-state index < -0.39 is 0 Å². The van der Waals surface area contributed by atoms with Crippen molar-refractivity contribution in [3.05, 3.63) is 60.2 Å². The summed E-state index contributed by atoms with van der Waals surface area (Å²) in [7, 11) is 0. The predicted octanol–water partition coefficient (Wildman–Crippen LogP) is 1.93. The van der Waals surface area contributed by atoms with Gasteiger partial charge in [-0.1, -0.05) is 6.07 Å². The Morgan fingerprint density at radius 1 is 1.35 bits per heavy atom. The molecule has 136 valence electrons. The second-order valence-electron chi connectivity index (χ2n) is 5.94. The van der Waals surface area contributed by atoms with Gasteiger partial charge in [-0.25, -0.2) is 9.40 Å². The maximum atomic E-state index is 13.3. The molecule has 0 bridgehead atoms. The Kier molecular flexibility index (Phi) is 5.75. The second kappa shape index (κ2) is 8.20. The summed E-state index contributed by atoms with van der Waals surface area (Å²) < 4.78 is 13.3. The summed E-state index contributed by atoms with van der Waals surface area (Å²) in [5.41, 5.74) is 8.33. The van der Waals surface area contributed by atoms with Gasteiger partial charge in [0, 0.05) is 31.5 Å². The summed E-state index contributed by atoms with van der Waals surface area (Å²) in [5.74, 6) is -0.268. The number of aromatic nitrogens is 1. The molecule has 0 aliphatic carbocycles. The second-order valence-corrected chi connectivity index (χ2v) is 6.36. The smallest absolute Gasteiger partial charge is 0.189 e. The summed E-state index contributed by atoms with van der Waals surface area (Å²) in [6.45, 7) is 4.02. The van der Waals surface area contributed by atoms with Crippen LogP contribution in [-0.2, 0) is 0 Å². The van der Waals surface area contributed by atoms with Crippen LogP contribution in [0.2, 0.25) is 0 Å². The molecule has 6 nitrogen and oxygen atoms in total. The van der Waals surface area contributed by atoms with Gasteiger partial charge in [0.1, 0.15) is 12.0 Å². The van der Waals surface area contributed by atoms with Crippen LogP contribution in [0.4, 0.5) is 10.1 Å². The molecule has 2 aromatic rings. The van der Waals surface area contributed by atoms with Crippen LogP contribution in [0.5, 0.6) is 0 Å². The maximum absolute atomic E-state index is 13.3. The molecule has 1 aromatic heterocycles. The van der Waals surface area contributed by atoms with Gasteiger partial charge in [0.25, 0.3) is 0 Å². The minimum Gasteiger partial charge on any atom is -0.375 e. The molecule has 1 aliphatic heterocycles. The van der Waals surface area contributed by atoms with E-state index in [1.165, 1.54) is 12.1 Å². The standard InChI is InChI=1S/C18H21FN6S/c1-13(16-4-2-3-9-22-16)23-25(18(20)26)17-12-21-10-11-24(17)15-7-5-14(19)6-8-15/h2-9,17,21H,10-12H2,1H3,(H2,20,26). The molecule has 1 atom stereocenters. The van der Waals surface area contributed by atoms with Gasteiger partial charge in [0.2, 0.25) is 0 Å². The summed E-state index contributed by atoms with van der Waals surface area (Å²) in [6, 6.07) is 12.0. The Bertz CT molecular complexity index is 780. The zero-order valence-corrected chi connectivity index (χ0v) is 15.3. The first kappa shape index (κ1) is 18.2. The normalized spacial score (nSPS) is 17.8. The Labute approximate surface area is 157 Å². The van der Waals surface area contributed by atoms with E-state index in [4.69, 9.17) is 18.0 Å². The van der Waals surface area contributed by atoms with Crippen LogP contribution < -0.4 is 16.0 Å². The van der Waals surface area contributed by atoms with Crippen LogP contribution in [0.3, 0.4) is 0 Å². The molecule has 8 heteroatoms. The lowest BCUT2D eigenvalue weighted by molar-refractivity contribution is 0.279. The first-order valence-corrected chi connectivity index (χ1v) is 8.75. The Hall–Kier alpha value is -2.58. The van der Waals surface area contributed by atoms with E-state index in [9.17, 15) is 4.39 Å². The number of nitrogens with zero attached hydrogens (tertiary/aromatic N) is 4. The van der Waals surface area contributed by atoms with E-state index >= 15 is 0 Å². The van der Waals surface area contributed by atoms with Crippen molar-refractivity contribution in [1.29, 1.82) is 0 Å². The van der Waals surface area contributed by atoms with Gasteiger partial charge in [-0.15, -0.1) is 0 Å². The fourth-order valence-electron chi connectivity index (χ4n) is 2.89. The molecule has 1 unspecified atom stereocenters. The highest BCUT2D eigenvalue weighted by Crippen LogP contribution is 2.21. The third-order valence-electron chi connectivity index (χ3n) is 4.18. The van der Waals surface area contributed by atoms with E-state index in [1.807, 2.05) is 25.1 Å². The van der Waals surface area contributed by atoms with Crippen LogP contribution in [0.1, 0.15) is 12.6 Å². The van der Waals surface area contributed by atoms with Crippen molar-refractivity contribution >= 4 is 28.7 Å². The lowest BCUT2D eigenvalue weighted by atomic mass is 10.2. The molecule has 0 saturated carbocycles. The van der Waals surface area contributed by atoms with Crippen LogP contribution in [0, 0.1) is 5.82 Å². The van der Waals surface area contributed by atoms with E-state index in [0.717, 1.165) is 24.5 Å². The molecule has 1 aromatic carbocycles. The topological polar surface area (TPSA) is 69.8 Å². The summed E-state index contributed by atoms with van der Waals surface area (Å²) in [5, 5.41) is 9.75. The van der Waals surface area contributed by atoms with Crippen molar-refractivity contribution in [2.75, 3.05) is 24.5 Å². The average molecular weight is 372 g/mol. The Morgan fingerprint density at radius 3 is 2.77 bits per heavy atom. The van der Waals surface area contributed by atoms with Crippen LogP contribution in [0.25, 0.3) is 0 Å². The number of hydrogen-bond acceptors (Lipinski definition) is 5. The number of thiocarbonyl (C=S) groups is 1. The zero-order chi connectivity index (χ0) is 18.5. The van der Waals surface area contributed by atoms with Crippen LogP contribution in [0.15, 0.2) is 53.8 Å². The highest BCUT2D eigenvalue weighted by atomic mass is 32.1.